The number of nitrogens with one attached hydrogen (secondary N) is 1. The number of benzene rings is 1. The Morgan fingerprint density at radius 1 is 1.10 bits per heavy atom. The van der Waals surface area contributed by atoms with Crippen molar-refractivity contribution < 1.29 is 18.3 Å². The van der Waals surface area contributed by atoms with Crippen LogP contribution in [0.2, 0.25) is 0 Å². The molecule has 21 heavy (non-hydrogen) atoms. The first-order valence-electron chi connectivity index (χ1n) is 7.31. The SMILES string of the molecule is CCCCCCCCNS(=O)(=O)c1ccccc1C(=O)O. The molecule has 1 aromatic carbocycles. The highest BCUT2D eigenvalue weighted by Gasteiger charge is 2.20. The maximum Gasteiger partial charge on any atom is 0.337 e. The van der Waals surface area contributed by atoms with E-state index in [4.69, 9.17) is 5.11 Å². The maximum absolute atomic E-state index is 12.1. The molecule has 6 heteroatoms. The second-order valence-electron chi connectivity index (χ2n) is 4.97. The van der Waals surface area contributed by atoms with E-state index in [0.29, 0.717) is 6.54 Å². The van der Waals surface area contributed by atoms with Gasteiger partial charge in [-0.25, -0.2) is 17.9 Å². The number of unbranched alkanes of at least 4 members (excludes halogenated alkanes) is 5. The van der Waals surface area contributed by atoms with Gasteiger partial charge in [0.25, 0.3) is 0 Å². The van der Waals surface area contributed by atoms with E-state index in [0.717, 1.165) is 19.3 Å². The number of carbonyl (C=O) groups is 1. The normalized spacial score (nSPS) is 11.5. The topological polar surface area (TPSA) is 83.5 Å². The van der Waals surface area contributed by atoms with Crippen LogP contribution >= 0.6 is 0 Å². The summed E-state index contributed by atoms with van der Waals surface area (Å²) in [4.78, 5) is 10.9. The van der Waals surface area contributed by atoms with Crippen LogP contribution in [-0.2, 0) is 10.0 Å². The second-order valence-corrected chi connectivity index (χ2v) is 6.70. The van der Waals surface area contributed by atoms with Gasteiger partial charge in [-0.3, -0.25) is 0 Å². The van der Waals surface area contributed by atoms with Crippen LogP contribution in [0.3, 0.4) is 0 Å². The Morgan fingerprint density at radius 2 is 1.71 bits per heavy atom. The molecule has 118 valence electrons. The molecule has 0 bridgehead atoms. The van der Waals surface area contributed by atoms with E-state index in [1.165, 1.54) is 43.5 Å². The lowest BCUT2D eigenvalue weighted by molar-refractivity contribution is 0.0692. The lowest BCUT2D eigenvalue weighted by Gasteiger charge is -2.09. The summed E-state index contributed by atoms with van der Waals surface area (Å²) in [6.07, 6.45) is 6.39. The molecule has 1 rings (SSSR count). The van der Waals surface area contributed by atoms with Crippen LogP contribution in [0, 0.1) is 0 Å². The van der Waals surface area contributed by atoms with Gasteiger partial charge in [-0.05, 0) is 18.6 Å². The number of hydrogen-bond acceptors (Lipinski definition) is 3. The van der Waals surface area contributed by atoms with E-state index in [2.05, 4.69) is 11.6 Å². The molecule has 0 saturated heterocycles. The highest BCUT2D eigenvalue weighted by Crippen LogP contribution is 2.15. The van der Waals surface area contributed by atoms with Crippen molar-refractivity contribution in [3.63, 3.8) is 0 Å². The van der Waals surface area contributed by atoms with Gasteiger partial charge in [0.05, 0.1) is 10.5 Å². The molecule has 0 saturated carbocycles. The summed E-state index contributed by atoms with van der Waals surface area (Å²) < 4.78 is 26.7. The van der Waals surface area contributed by atoms with Crippen molar-refractivity contribution in [1.29, 1.82) is 0 Å². The third kappa shape index (κ3) is 5.85. The molecule has 2 N–H and O–H groups in total. The van der Waals surface area contributed by atoms with Crippen molar-refractivity contribution in [3.05, 3.63) is 29.8 Å². The molecule has 0 fully saturated rings. The number of aromatic carboxylic acids is 1. The minimum atomic E-state index is -3.76. The van der Waals surface area contributed by atoms with Crippen molar-refractivity contribution in [2.45, 2.75) is 50.3 Å². The van der Waals surface area contributed by atoms with Crippen molar-refractivity contribution in [2.24, 2.45) is 0 Å². The van der Waals surface area contributed by atoms with E-state index in [-0.39, 0.29) is 10.5 Å². The average Bonchev–Trinajstić information content (AvgIpc) is 2.46. The van der Waals surface area contributed by atoms with Crippen molar-refractivity contribution in [1.82, 2.24) is 4.72 Å². The van der Waals surface area contributed by atoms with Gasteiger partial charge in [-0.15, -0.1) is 0 Å². The third-order valence-electron chi connectivity index (χ3n) is 3.23. The summed E-state index contributed by atoms with van der Waals surface area (Å²) >= 11 is 0. The number of rotatable bonds is 10. The Hall–Kier alpha value is -1.40. The molecule has 5 nitrogen and oxygen atoms in total. The van der Waals surface area contributed by atoms with Gasteiger partial charge in [0.15, 0.2) is 0 Å². The van der Waals surface area contributed by atoms with Gasteiger partial charge in [-0.2, -0.15) is 0 Å². The Labute approximate surface area is 126 Å². The summed E-state index contributed by atoms with van der Waals surface area (Å²) in [5.41, 5.74) is -0.201. The van der Waals surface area contributed by atoms with Crippen LogP contribution in [0.1, 0.15) is 55.8 Å². The maximum atomic E-state index is 12.1. The number of sulfonamides is 1. The molecule has 0 aliphatic carbocycles. The molecule has 0 radical (unpaired) electrons. The fourth-order valence-corrected chi connectivity index (χ4v) is 3.34. The Morgan fingerprint density at radius 3 is 2.38 bits per heavy atom. The largest absolute Gasteiger partial charge is 0.478 e. The number of carboxylic acid groups (broad SMARTS) is 1. The molecule has 0 aromatic heterocycles. The predicted molar refractivity (Wildman–Crippen MR) is 82.0 cm³/mol. The first-order valence-corrected chi connectivity index (χ1v) is 8.79. The first kappa shape index (κ1) is 17.7. The minimum absolute atomic E-state index is 0.177. The minimum Gasteiger partial charge on any atom is -0.478 e. The highest BCUT2D eigenvalue weighted by molar-refractivity contribution is 7.89. The summed E-state index contributed by atoms with van der Waals surface area (Å²) in [7, 11) is -3.76. The fraction of sp³-hybridized carbons (Fsp3) is 0.533. The van der Waals surface area contributed by atoms with Crippen LogP contribution in [0.5, 0.6) is 0 Å². The van der Waals surface area contributed by atoms with Gasteiger partial charge >= 0.3 is 5.97 Å². The second kappa shape index (κ2) is 8.79. The Kier molecular flexibility index (Phi) is 7.39. The molecule has 0 aliphatic heterocycles. The molecule has 0 unspecified atom stereocenters. The van der Waals surface area contributed by atoms with E-state index in [1.54, 1.807) is 0 Å². The monoisotopic (exact) mass is 313 g/mol. The summed E-state index contributed by atoms with van der Waals surface area (Å²) in [6.45, 7) is 2.48. The van der Waals surface area contributed by atoms with E-state index in [1.807, 2.05) is 0 Å². The zero-order chi connectivity index (χ0) is 15.7. The Bertz CT molecular complexity index is 555. The molecule has 0 atom stereocenters. The molecule has 1 aromatic rings. The standard InChI is InChI=1S/C15H23NO4S/c1-2-3-4-5-6-9-12-16-21(19,20)14-11-8-7-10-13(14)15(17)18/h7-8,10-11,16H,2-6,9,12H2,1H3,(H,17,18). The quantitative estimate of drug-likeness (QED) is 0.650. The van der Waals surface area contributed by atoms with E-state index >= 15 is 0 Å². The van der Waals surface area contributed by atoms with Gasteiger partial charge in [-0.1, -0.05) is 51.2 Å². The van der Waals surface area contributed by atoms with Crippen molar-refractivity contribution in [2.75, 3.05) is 6.54 Å². The lowest BCUT2D eigenvalue weighted by atomic mass is 10.1. The van der Waals surface area contributed by atoms with Gasteiger partial charge in [0.1, 0.15) is 0 Å². The lowest BCUT2D eigenvalue weighted by Crippen LogP contribution is -2.26. The molecule has 0 amide bonds. The van der Waals surface area contributed by atoms with Gasteiger partial charge < -0.3 is 5.11 Å². The number of hydrogen-bond donors (Lipinski definition) is 2. The summed E-state index contributed by atoms with van der Waals surface area (Å²) in [5.74, 6) is -1.24. The zero-order valence-corrected chi connectivity index (χ0v) is 13.2. The molecular formula is C15H23NO4S. The predicted octanol–water partition coefficient (Wildman–Crippen LogP) is 3.02. The summed E-state index contributed by atoms with van der Waals surface area (Å²) in [5, 5.41) is 9.03. The van der Waals surface area contributed by atoms with Crippen LogP contribution in [0.15, 0.2) is 29.2 Å². The van der Waals surface area contributed by atoms with Crippen molar-refractivity contribution in [3.8, 4) is 0 Å². The number of carboxylic acids is 1. The molecule has 0 spiro atoms. The van der Waals surface area contributed by atoms with Crippen LogP contribution in [0.4, 0.5) is 0 Å². The Balaban J connectivity index is 2.53. The van der Waals surface area contributed by atoms with Crippen LogP contribution in [-0.4, -0.2) is 26.0 Å². The molecule has 0 heterocycles. The van der Waals surface area contributed by atoms with Gasteiger partial charge in [0, 0.05) is 6.54 Å². The zero-order valence-electron chi connectivity index (χ0n) is 12.3. The van der Waals surface area contributed by atoms with Crippen LogP contribution in [0.25, 0.3) is 0 Å². The average molecular weight is 313 g/mol. The third-order valence-corrected chi connectivity index (χ3v) is 4.75. The summed E-state index contributed by atoms with van der Waals surface area (Å²) in [6, 6.07) is 5.64. The van der Waals surface area contributed by atoms with Crippen LogP contribution < -0.4 is 4.72 Å². The van der Waals surface area contributed by atoms with E-state index in [9.17, 15) is 13.2 Å². The van der Waals surface area contributed by atoms with Crippen molar-refractivity contribution >= 4 is 16.0 Å². The smallest absolute Gasteiger partial charge is 0.337 e. The molecule has 0 aliphatic rings. The fourth-order valence-electron chi connectivity index (χ4n) is 2.07. The molecular weight excluding hydrogens is 290 g/mol. The first-order chi connectivity index (χ1) is 9.99. The highest BCUT2D eigenvalue weighted by atomic mass is 32.2. The van der Waals surface area contributed by atoms with Gasteiger partial charge in [0.2, 0.25) is 10.0 Å². The van der Waals surface area contributed by atoms with E-state index < -0.39 is 16.0 Å².